The Morgan fingerprint density at radius 1 is 1.44 bits per heavy atom. The van der Waals surface area contributed by atoms with Crippen LogP contribution in [0.5, 0.6) is 0 Å². The third-order valence-corrected chi connectivity index (χ3v) is 2.93. The monoisotopic (exact) mass is 255 g/mol. The van der Waals surface area contributed by atoms with Crippen LogP contribution in [0.3, 0.4) is 0 Å². The third-order valence-electron chi connectivity index (χ3n) is 2.93. The highest BCUT2D eigenvalue weighted by Crippen LogP contribution is 2.21. The maximum absolute atomic E-state index is 13.4. The number of nitrogens with zero attached hydrogens (tertiary/aromatic N) is 1. The van der Waals surface area contributed by atoms with E-state index in [1.54, 1.807) is 0 Å². The van der Waals surface area contributed by atoms with Crippen molar-refractivity contribution < 1.29 is 23.5 Å². The van der Waals surface area contributed by atoms with Gasteiger partial charge in [0, 0.05) is 25.1 Å². The van der Waals surface area contributed by atoms with Crippen LogP contribution in [-0.4, -0.2) is 28.4 Å². The number of rotatable bonds is 3. The van der Waals surface area contributed by atoms with Crippen LogP contribution >= 0.6 is 0 Å². The summed E-state index contributed by atoms with van der Waals surface area (Å²) in [6.07, 6.45) is -0.0910. The summed E-state index contributed by atoms with van der Waals surface area (Å²) in [4.78, 5) is 23.5. The van der Waals surface area contributed by atoms with Crippen LogP contribution in [-0.2, 0) is 16.1 Å². The number of aliphatic carboxylic acids is 1. The number of hydrogen-bond acceptors (Lipinski definition) is 2. The Kier molecular flexibility index (Phi) is 3.27. The van der Waals surface area contributed by atoms with Crippen molar-refractivity contribution in [3.8, 4) is 0 Å². The largest absolute Gasteiger partial charge is 0.481 e. The molecule has 0 spiro atoms. The van der Waals surface area contributed by atoms with Crippen molar-refractivity contribution in [1.29, 1.82) is 0 Å². The van der Waals surface area contributed by atoms with E-state index in [9.17, 15) is 18.4 Å². The van der Waals surface area contributed by atoms with Gasteiger partial charge in [-0.1, -0.05) is 0 Å². The van der Waals surface area contributed by atoms with Crippen molar-refractivity contribution >= 4 is 11.9 Å². The normalized spacial score (nSPS) is 19.3. The Balaban J connectivity index is 2.12. The van der Waals surface area contributed by atoms with Crippen molar-refractivity contribution in [2.75, 3.05) is 6.54 Å². The molecule has 1 aromatic carbocycles. The maximum Gasteiger partial charge on any atom is 0.308 e. The molecule has 1 unspecified atom stereocenters. The van der Waals surface area contributed by atoms with Gasteiger partial charge in [0.2, 0.25) is 5.91 Å². The van der Waals surface area contributed by atoms with Gasteiger partial charge in [-0.25, -0.2) is 8.78 Å². The fourth-order valence-electron chi connectivity index (χ4n) is 1.96. The maximum atomic E-state index is 13.4. The summed E-state index contributed by atoms with van der Waals surface area (Å²) in [5, 5.41) is 8.80. The van der Waals surface area contributed by atoms with Crippen LogP contribution in [0.15, 0.2) is 18.2 Å². The van der Waals surface area contributed by atoms with Crippen LogP contribution in [0.4, 0.5) is 8.78 Å². The van der Waals surface area contributed by atoms with Gasteiger partial charge in [0.1, 0.15) is 11.6 Å². The van der Waals surface area contributed by atoms with Crippen molar-refractivity contribution in [2.24, 2.45) is 5.92 Å². The van der Waals surface area contributed by atoms with E-state index in [1.807, 2.05) is 0 Å². The first-order valence-corrected chi connectivity index (χ1v) is 5.42. The standard InChI is InChI=1S/C12H11F2NO3/c13-9-1-2-10(14)7(3-9)5-15-6-8(12(17)18)4-11(15)16/h1-3,8H,4-6H2,(H,17,18). The SMILES string of the molecule is O=C(O)C1CC(=O)N(Cc2cc(F)ccc2F)C1. The zero-order chi connectivity index (χ0) is 13.3. The van der Waals surface area contributed by atoms with E-state index in [1.165, 1.54) is 4.90 Å². The van der Waals surface area contributed by atoms with Crippen molar-refractivity contribution in [1.82, 2.24) is 4.90 Å². The molecule has 1 fully saturated rings. The van der Waals surface area contributed by atoms with Gasteiger partial charge in [0.05, 0.1) is 5.92 Å². The van der Waals surface area contributed by atoms with Crippen LogP contribution in [0.1, 0.15) is 12.0 Å². The number of carbonyl (C=O) groups excluding carboxylic acids is 1. The van der Waals surface area contributed by atoms with E-state index >= 15 is 0 Å². The molecule has 0 bridgehead atoms. The second-order valence-corrected chi connectivity index (χ2v) is 4.25. The lowest BCUT2D eigenvalue weighted by Gasteiger charge is -2.16. The molecule has 1 saturated heterocycles. The molecule has 1 N–H and O–H groups in total. The summed E-state index contributed by atoms with van der Waals surface area (Å²) in [5.41, 5.74) is 0.0504. The molecule has 0 radical (unpaired) electrons. The van der Waals surface area contributed by atoms with Gasteiger partial charge in [0.15, 0.2) is 0 Å². The summed E-state index contributed by atoms with van der Waals surface area (Å²) in [6.45, 7) is -0.0731. The minimum atomic E-state index is -1.05. The molecule has 1 atom stereocenters. The molecule has 1 aromatic rings. The second-order valence-electron chi connectivity index (χ2n) is 4.25. The van der Waals surface area contributed by atoms with Crippen molar-refractivity contribution in [2.45, 2.75) is 13.0 Å². The average molecular weight is 255 g/mol. The Labute approximate surface area is 102 Å². The van der Waals surface area contributed by atoms with Gasteiger partial charge >= 0.3 is 5.97 Å². The van der Waals surface area contributed by atoms with Gasteiger partial charge in [-0.15, -0.1) is 0 Å². The Morgan fingerprint density at radius 3 is 2.78 bits per heavy atom. The lowest BCUT2D eigenvalue weighted by molar-refractivity contribution is -0.141. The Hall–Kier alpha value is -1.98. The van der Waals surface area contributed by atoms with Gasteiger partial charge in [0.25, 0.3) is 0 Å². The van der Waals surface area contributed by atoms with E-state index < -0.39 is 23.5 Å². The van der Waals surface area contributed by atoms with Gasteiger partial charge in [-0.2, -0.15) is 0 Å². The predicted molar refractivity (Wildman–Crippen MR) is 57.5 cm³/mol. The molecular weight excluding hydrogens is 244 g/mol. The minimum Gasteiger partial charge on any atom is -0.481 e. The summed E-state index contributed by atoms with van der Waals surface area (Å²) in [5.74, 6) is -3.37. The van der Waals surface area contributed by atoms with Crippen molar-refractivity contribution in [3.63, 3.8) is 0 Å². The van der Waals surface area contributed by atoms with Gasteiger partial charge in [-0.05, 0) is 18.2 Å². The highest BCUT2D eigenvalue weighted by molar-refractivity contribution is 5.86. The first kappa shape index (κ1) is 12.5. The number of carbonyl (C=O) groups is 2. The average Bonchev–Trinajstić information content (AvgIpc) is 2.66. The molecule has 18 heavy (non-hydrogen) atoms. The molecular formula is C12H11F2NO3. The Bertz CT molecular complexity index is 504. The smallest absolute Gasteiger partial charge is 0.308 e. The minimum absolute atomic E-state index is 0.0319. The van der Waals surface area contributed by atoms with E-state index in [2.05, 4.69) is 0 Å². The summed E-state index contributed by atoms with van der Waals surface area (Å²) < 4.78 is 26.3. The number of benzene rings is 1. The number of carboxylic acid groups (broad SMARTS) is 1. The first-order chi connectivity index (χ1) is 8.47. The quantitative estimate of drug-likeness (QED) is 0.888. The van der Waals surface area contributed by atoms with Gasteiger partial charge in [-0.3, -0.25) is 9.59 Å². The fraction of sp³-hybridized carbons (Fsp3) is 0.333. The van der Waals surface area contributed by atoms with Crippen LogP contribution in [0.25, 0.3) is 0 Å². The zero-order valence-corrected chi connectivity index (χ0v) is 9.40. The number of halogens is 2. The number of likely N-dealkylation sites (tertiary alicyclic amines) is 1. The van der Waals surface area contributed by atoms with E-state index in [0.717, 1.165) is 18.2 Å². The highest BCUT2D eigenvalue weighted by atomic mass is 19.1. The molecule has 0 aromatic heterocycles. The van der Waals surface area contributed by atoms with Crippen LogP contribution < -0.4 is 0 Å². The topological polar surface area (TPSA) is 57.6 Å². The molecule has 2 rings (SSSR count). The lowest BCUT2D eigenvalue weighted by Crippen LogP contribution is -2.26. The van der Waals surface area contributed by atoms with Gasteiger partial charge < -0.3 is 10.0 Å². The summed E-state index contributed by atoms with van der Waals surface area (Å²) in [7, 11) is 0. The number of hydrogen-bond donors (Lipinski definition) is 1. The molecule has 1 aliphatic heterocycles. The number of amides is 1. The van der Waals surface area contributed by atoms with E-state index in [-0.39, 0.29) is 31.0 Å². The molecule has 0 saturated carbocycles. The molecule has 1 heterocycles. The molecule has 0 aliphatic carbocycles. The fourth-order valence-corrected chi connectivity index (χ4v) is 1.96. The predicted octanol–water partition coefficient (Wildman–Crippen LogP) is 1.40. The Morgan fingerprint density at radius 2 is 2.17 bits per heavy atom. The first-order valence-electron chi connectivity index (χ1n) is 5.42. The van der Waals surface area contributed by atoms with E-state index in [4.69, 9.17) is 5.11 Å². The van der Waals surface area contributed by atoms with Crippen LogP contribution in [0.2, 0.25) is 0 Å². The lowest BCUT2D eigenvalue weighted by atomic mass is 10.1. The third kappa shape index (κ3) is 2.47. The molecule has 6 heteroatoms. The van der Waals surface area contributed by atoms with Crippen molar-refractivity contribution in [3.05, 3.63) is 35.4 Å². The number of carboxylic acids is 1. The summed E-state index contributed by atoms with van der Waals surface area (Å²) >= 11 is 0. The van der Waals surface area contributed by atoms with E-state index in [0.29, 0.717) is 0 Å². The molecule has 4 nitrogen and oxygen atoms in total. The molecule has 1 aliphatic rings. The summed E-state index contributed by atoms with van der Waals surface area (Å²) in [6, 6.07) is 2.99. The zero-order valence-electron chi connectivity index (χ0n) is 9.40. The molecule has 1 amide bonds. The van der Waals surface area contributed by atoms with Crippen LogP contribution in [0, 0.1) is 17.6 Å². The molecule has 96 valence electrons. The second kappa shape index (κ2) is 4.72. The highest BCUT2D eigenvalue weighted by Gasteiger charge is 2.34.